The summed E-state index contributed by atoms with van der Waals surface area (Å²) in [5.74, 6) is 1.16. The van der Waals surface area contributed by atoms with E-state index in [1.807, 2.05) is 6.07 Å². The summed E-state index contributed by atoms with van der Waals surface area (Å²) in [5, 5.41) is 9.59. The van der Waals surface area contributed by atoms with Crippen molar-refractivity contribution in [2.75, 3.05) is 14.2 Å². The first-order valence-corrected chi connectivity index (χ1v) is 5.74. The zero-order chi connectivity index (χ0) is 14.0. The fraction of sp³-hybridized carbons (Fsp3) is 0.286. The third-order valence-corrected chi connectivity index (χ3v) is 3.07. The van der Waals surface area contributed by atoms with E-state index in [-0.39, 0.29) is 12.0 Å². The molecule has 0 amide bonds. The fourth-order valence-electron chi connectivity index (χ4n) is 2.08. The highest BCUT2D eigenvalue weighted by Crippen LogP contribution is 2.31. The number of hydrogen-bond acceptors (Lipinski definition) is 4. The van der Waals surface area contributed by atoms with Crippen LogP contribution in [0.4, 0.5) is 0 Å². The molecule has 1 heterocycles. The lowest BCUT2D eigenvalue weighted by Crippen LogP contribution is -2.21. The van der Waals surface area contributed by atoms with Crippen molar-refractivity contribution in [2.24, 2.45) is 7.05 Å². The minimum absolute atomic E-state index is 0.0942. The second-order valence-corrected chi connectivity index (χ2v) is 4.13. The second-order valence-electron chi connectivity index (χ2n) is 4.13. The number of pyridine rings is 1. The number of nitriles is 1. The van der Waals surface area contributed by atoms with Crippen LogP contribution in [0.3, 0.4) is 0 Å². The molecule has 0 saturated heterocycles. The average molecular weight is 258 g/mol. The Bertz CT molecular complexity index is 726. The highest BCUT2D eigenvalue weighted by Gasteiger charge is 2.11. The Morgan fingerprint density at radius 1 is 1.21 bits per heavy atom. The van der Waals surface area contributed by atoms with E-state index in [1.165, 1.54) is 4.57 Å². The SMILES string of the molecule is COc1cc2cc(CC#N)c(=O)n(C)c2cc1OC. The molecule has 5 nitrogen and oxygen atoms in total. The van der Waals surface area contributed by atoms with Crippen LogP contribution in [0, 0.1) is 11.3 Å². The van der Waals surface area contributed by atoms with Gasteiger partial charge < -0.3 is 14.0 Å². The Labute approximate surface area is 110 Å². The third kappa shape index (κ3) is 2.13. The number of methoxy groups -OCH3 is 2. The van der Waals surface area contributed by atoms with Gasteiger partial charge in [0.25, 0.3) is 5.56 Å². The van der Waals surface area contributed by atoms with Crippen molar-refractivity contribution >= 4 is 10.9 Å². The summed E-state index contributed by atoms with van der Waals surface area (Å²) in [5.41, 5.74) is 1.05. The van der Waals surface area contributed by atoms with E-state index in [9.17, 15) is 4.79 Å². The lowest BCUT2D eigenvalue weighted by atomic mass is 10.1. The highest BCUT2D eigenvalue weighted by molar-refractivity contribution is 5.83. The Morgan fingerprint density at radius 3 is 2.42 bits per heavy atom. The molecule has 1 aromatic heterocycles. The van der Waals surface area contributed by atoms with Crippen molar-refractivity contribution in [3.63, 3.8) is 0 Å². The average Bonchev–Trinajstić information content (AvgIpc) is 2.43. The van der Waals surface area contributed by atoms with E-state index in [0.717, 1.165) is 10.9 Å². The van der Waals surface area contributed by atoms with Gasteiger partial charge in [0.2, 0.25) is 0 Å². The number of ether oxygens (including phenoxy) is 2. The minimum atomic E-state index is -0.165. The van der Waals surface area contributed by atoms with Crippen LogP contribution in [0.15, 0.2) is 23.0 Å². The first-order chi connectivity index (χ1) is 9.12. The molecule has 2 aromatic rings. The Balaban J connectivity index is 2.82. The third-order valence-electron chi connectivity index (χ3n) is 3.07. The summed E-state index contributed by atoms with van der Waals surface area (Å²) in [4.78, 5) is 12.1. The molecule has 1 aromatic carbocycles. The van der Waals surface area contributed by atoms with Crippen LogP contribution in [-0.2, 0) is 13.5 Å². The minimum Gasteiger partial charge on any atom is -0.493 e. The molecule has 5 heteroatoms. The second kappa shape index (κ2) is 5.02. The van der Waals surface area contributed by atoms with Crippen LogP contribution in [0.5, 0.6) is 11.5 Å². The van der Waals surface area contributed by atoms with Gasteiger partial charge in [-0.15, -0.1) is 0 Å². The van der Waals surface area contributed by atoms with Crippen LogP contribution in [0.25, 0.3) is 10.9 Å². The van der Waals surface area contributed by atoms with E-state index >= 15 is 0 Å². The molecule has 98 valence electrons. The largest absolute Gasteiger partial charge is 0.493 e. The summed E-state index contributed by atoms with van der Waals surface area (Å²) in [6, 6.07) is 7.28. The normalized spacial score (nSPS) is 10.2. The van der Waals surface area contributed by atoms with Gasteiger partial charge in [0, 0.05) is 24.1 Å². The molecule has 0 aliphatic carbocycles. The van der Waals surface area contributed by atoms with Gasteiger partial charge in [-0.05, 0) is 12.1 Å². The summed E-state index contributed by atoms with van der Waals surface area (Å²) in [7, 11) is 4.78. The summed E-state index contributed by atoms with van der Waals surface area (Å²) in [6.45, 7) is 0. The Morgan fingerprint density at radius 2 is 1.84 bits per heavy atom. The molecule has 0 spiro atoms. The number of rotatable bonds is 3. The summed E-state index contributed by atoms with van der Waals surface area (Å²) < 4.78 is 12.0. The van der Waals surface area contributed by atoms with Crippen LogP contribution < -0.4 is 15.0 Å². The molecule has 0 bridgehead atoms. The van der Waals surface area contributed by atoms with Crippen molar-refractivity contribution in [1.29, 1.82) is 5.26 Å². The molecule has 0 saturated carbocycles. The molecular weight excluding hydrogens is 244 g/mol. The molecule has 0 fully saturated rings. The first-order valence-electron chi connectivity index (χ1n) is 5.74. The van der Waals surface area contributed by atoms with Crippen molar-refractivity contribution in [3.8, 4) is 17.6 Å². The molecule has 0 N–H and O–H groups in total. The predicted molar refractivity (Wildman–Crippen MR) is 71.6 cm³/mol. The molecule has 19 heavy (non-hydrogen) atoms. The lowest BCUT2D eigenvalue weighted by Gasteiger charge is -2.12. The van der Waals surface area contributed by atoms with Crippen molar-refractivity contribution in [1.82, 2.24) is 4.57 Å². The van der Waals surface area contributed by atoms with Gasteiger partial charge in [0.15, 0.2) is 11.5 Å². The standard InChI is InChI=1S/C14H14N2O3/c1-16-11-8-13(19-3)12(18-2)7-10(11)6-9(4-5-15)14(16)17/h6-8H,4H2,1-3H3. The van der Waals surface area contributed by atoms with Gasteiger partial charge in [-0.25, -0.2) is 0 Å². The molecule has 0 aliphatic rings. The van der Waals surface area contributed by atoms with Gasteiger partial charge >= 0.3 is 0 Å². The van der Waals surface area contributed by atoms with Gasteiger partial charge in [0.05, 0.1) is 32.2 Å². The van der Waals surface area contributed by atoms with Crippen molar-refractivity contribution in [2.45, 2.75) is 6.42 Å². The Kier molecular flexibility index (Phi) is 3.43. The molecule has 2 rings (SSSR count). The van der Waals surface area contributed by atoms with E-state index in [2.05, 4.69) is 0 Å². The molecular formula is C14H14N2O3. The molecule has 0 radical (unpaired) electrons. The van der Waals surface area contributed by atoms with Gasteiger partial charge in [-0.1, -0.05) is 0 Å². The Hall–Kier alpha value is -2.48. The highest BCUT2D eigenvalue weighted by atomic mass is 16.5. The van der Waals surface area contributed by atoms with E-state index in [1.54, 1.807) is 39.5 Å². The maximum atomic E-state index is 12.1. The van der Waals surface area contributed by atoms with Crippen molar-refractivity contribution < 1.29 is 9.47 Å². The number of aromatic nitrogens is 1. The van der Waals surface area contributed by atoms with Crippen molar-refractivity contribution in [3.05, 3.63) is 34.1 Å². The monoisotopic (exact) mass is 258 g/mol. The summed E-state index contributed by atoms with van der Waals surface area (Å²) >= 11 is 0. The van der Waals surface area contributed by atoms with Crippen LogP contribution >= 0.6 is 0 Å². The zero-order valence-electron chi connectivity index (χ0n) is 11.1. The van der Waals surface area contributed by atoms with Crippen LogP contribution in [-0.4, -0.2) is 18.8 Å². The lowest BCUT2D eigenvalue weighted by molar-refractivity contribution is 0.355. The fourth-order valence-corrected chi connectivity index (χ4v) is 2.08. The molecule has 0 atom stereocenters. The zero-order valence-corrected chi connectivity index (χ0v) is 11.1. The molecule has 0 unspecified atom stereocenters. The molecule has 0 aliphatic heterocycles. The quantitative estimate of drug-likeness (QED) is 0.839. The van der Waals surface area contributed by atoms with E-state index in [4.69, 9.17) is 14.7 Å². The van der Waals surface area contributed by atoms with Gasteiger partial charge in [-0.2, -0.15) is 5.26 Å². The topological polar surface area (TPSA) is 64.2 Å². The predicted octanol–water partition coefficient (Wildman–Crippen LogP) is 1.62. The van der Waals surface area contributed by atoms with Crippen LogP contribution in [0.2, 0.25) is 0 Å². The smallest absolute Gasteiger partial charge is 0.255 e. The maximum Gasteiger partial charge on any atom is 0.255 e. The number of benzene rings is 1. The van der Waals surface area contributed by atoms with Gasteiger partial charge in [-0.3, -0.25) is 4.79 Å². The van der Waals surface area contributed by atoms with Crippen LogP contribution in [0.1, 0.15) is 5.56 Å². The maximum absolute atomic E-state index is 12.1. The number of nitrogens with zero attached hydrogens (tertiary/aromatic N) is 2. The number of aryl methyl sites for hydroxylation is 1. The first kappa shape index (κ1) is 13.0. The van der Waals surface area contributed by atoms with Gasteiger partial charge in [0.1, 0.15) is 0 Å². The number of fused-ring (bicyclic) bond motifs is 1. The van der Waals surface area contributed by atoms with E-state index in [0.29, 0.717) is 17.1 Å². The summed E-state index contributed by atoms with van der Waals surface area (Å²) in [6.07, 6.45) is 0.0942. The number of hydrogen-bond donors (Lipinski definition) is 0. The van der Waals surface area contributed by atoms with E-state index < -0.39 is 0 Å².